The molecule has 0 heteroatoms. The van der Waals surface area contributed by atoms with Crippen molar-refractivity contribution in [2.45, 2.75) is 66.2 Å². The minimum absolute atomic E-state index is 0.958. The topological polar surface area (TPSA) is 0 Å². The molecule has 2 aliphatic carbocycles. The monoisotopic (exact) mass is 196 g/mol. The molecule has 84 valence electrons. The van der Waals surface area contributed by atoms with Gasteiger partial charge < -0.3 is 0 Å². The van der Waals surface area contributed by atoms with E-state index in [1.165, 1.54) is 38.5 Å². The lowest BCUT2D eigenvalue weighted by Crippen LogP contribution is -2.07. The van der Waals surface area contributed by atoms with Crippen molar-refractivity contribution in [2.75, 3.05) is 0 Å². The zero-order valence-corrected chi connectivity index (χ0v) is 10.6. The summed E-state index contributed by atoms with van der Waals surface area (Å²) in [6.45, 7) is 9.53. The second-order valence-electron chi connectivity index (χ2n) is 5.68. The molecule has 2 saturated carbocycles. The quantitative estimate of drug-likeness (QED) is 0.518. The molecule has 0 aromatic rings. The maximum absolute atomic E-state index is 2.39. The van der Waals surface area contributed by atoms with Gasteiger partial charge in [-0.05, 0) is 30.1 Å². The Morgan fingerprint density at radius 3 is 1.00 bits per heavy atom. The first-order valence-corrected chi connectivity index (χ1v) is 6.63. The first kappa shape index (κ1) is 12.1. The van der Waals surface area contributed by atoms with E-state index in [0.29, 0.717) is 0 Å². The molecular weight excluding hydrogens is 168 g/mol. The third kappa shape index (κ3) is 3.29. The van der Waals surface area contributed by atoms with E-state index in [1.807, 2.05) is 0 Å². The van der Waals surface area contributed by atoms with Gasteiger partial charge in [-0.15, -0.1) is 0 Å². The summed E-state index contributed by atoms with van der Waals surface area (Å²) in [4.78, 5) is 0. The molecule has 0 saturated heterocycles. The van der Waals surface area contributed by atoms with Crippen LogP contribution in [0.4, 0.5) is 0 Å². The zero-order valence-electron chi connectivity index (χ0n) is 10.6. The van der Waals surface area contributed by atoms with E-state index in [1.54, 1.807) is 0 Å². The Bertz CT molecular complexity index is 127. The highest BCUT2D eigenvalue weighted by Gasteiger charge is 2.31. The second-order valence-corrected chi connectivity index (χ2v) is 5.68. The molecule has 0 aliphatic heterocycles. The SMILES string of the molecule is C1CCCC1.CC1CC(C)C(C)C1C. The maximum atomic E-state index is 2.39. The van der Waals surface area contributed by atoms with Crippen LogP contribution in [-0.2, 0) is 0 Å². The van der Waals surface area contributed by atoms with E-state index in [2.05, 4.69) is 27.7 Å². The van der Waals surface area contributed by atoms with Crippen molar-refractivity contribution < 1.29 is 0 Å². The fraction of sp³-hybridized carbons (Fsp3) is 1.00. The van der Waals surface area contributed by atoms with Crippen LogP contribution in [0.3, 0.4) is 0 Å². The van der Waals surface area contributed by atoms with Gasteiger partial charge in [0, 0.05) is 0 Å². The first-order valence-electron chi connectivity index (χ1n) is 6.63. The van der Waals surface area contributed by atoms with Gasteiger partial charge in [-0.1, -0.05) is 59.8 Å². The Labute approximate surface area is 90.5 Å². The largest absolute Gasteiger partial charge is 0.0622 e. The molecule has 0 aromatic carbocycles. The fourth-order valence-electron chi connectivity index (χ4n) is 2.94. The summed E-state index contributed by atoms with van der Waals surface area (Å²) in [5.41, 5.74) is 0. The third-order valence-electron chi connectivity index (χ3n) is 4.62. The van der Waals surface area contributed by atoms with Crippen molar-refractivity contribution >= 4 is 0 Å². The normalized spacial score (nSPS) is 42.0. The third-order valence-corrected chi connectivity index (χ3v) is 4.62. The minimum Gasteiger partial charge on any atom is -0.0622 e. The van der Waals surface area contributed by atoms with Crippen LogP contribution in [-0.4, -0.2) is 0 Å². The van der Waals surface area contributed by atoms with Crippen molar-refractivity contribution in [3.05, 3.63) is 0 Å². The van der Waals surface area contributed by atoms with E-state index in [-0.39, 0.29) is 0 Å². The number of hydrogen-bond acceptors (Lipinski definition) is 0. The van der Waals surface area contributed by atoms with Gasteiger partial charge in [-0.25, -0.2) is 0 Å². The molecule has 0 heterocycles. The summed E-state index contributed by atoms with van der Waals surface area (Å²) in [6, 6.07) is 0. The number of rotatable bonds is 0. The molecule has 0 N–H and O–H groups in total. The maximum Gasteiger partial charge on any atom is -0.0389 e. The molecule has 14 heavy (non-hydrogen) atoms. The van der Waals surface area contributed by atoms with Crippen molar-refractivity contribution in [1.82, 2.24) is 0 Å². The Hall–Kier alpha value is 0. The van der Waals surface area contributed by atoms with Crippen LogP contribution in [0.1, 0.15) is 66.2 Å². The molecular formula is C14H28. The summed E-state index contributed by atoms with van der Waals surface area (Å²) < 4.78 is 0. The van der Waals surface area contributed by atoms with E-state index in [4.69, 9.17) is 0 Å². The predicted molar refractivity (Wildman–Crippen MR) is 64.4 cm³/mol. The Morgan fingerprint density at radius 2 is 0.857 bits per heavy atom. The summed E-state index contributed by atoms with van der Waals surface area (Å²) in [7, 11) is 0. The lowest BCUT2D eigenvalue weighted by Gasteiger charge is -2.14. The van der Waals surface area contributed by atoms with Gasteiger partial charge >= 0.3 is 0 Å². The Morgan fingerprint density at radius 1 is 0.571 bits per heavy atom. The molecule has 0 aromatic heterocycles. The standard InChI is InChI=1S/C9H18.C5H10/c1-6-5-7(2)9(4)8(6)3;1-2-4-5-3-1/h6-9H,5H2,1-4H3;1-5H2. The van der Waals surface area contributed by atoms with Crippen molar-refractivity contribution in [2.24, 2.45) is 23.7 Å². The van der Waals surface area contributed by atoms with Gasteiger partial charge in [0.05, 0.1) is 0 Å². The van der Waals surface area contributed by atoms with E-state index < -0.39 is 0 Å². The van der Waals surface area contributed by atoms with Crippen molar-refractivity contribution in [1.29, 1.82) is 0 Å². The van der Waals surface area contributed by atoms with Gasteiger partial charge in [0.15, 0.2) is 0 Å². The van der Waals surface area contributed by atoms with Crippen LogP contribution in [0.25, 0.3) is 0 Å². The van der Waals surface area contributed by atoms with Crippen LogP contribution in [0, 0.1) is 23.7 Å². The summed E-state index contributed by atoms with van der Waals surface area (Å²) in [5, 5.41) is 0. The zero-order chi connectivity index (χ0) is 10.6. The molecule has 2 fully saturated rings. The van der Waals surface area contributed by atoms with Gasteiger partial charge in [0.2, 0.25) is 0 Å². The molecule has 0 nitrogen and oxygen atoms in total. The summed E-state index contributed by atoms with van der Waals surface area (Å²) in [5.74, 6) is 3.85. The lowest BCUT2D eigenvalue weighted by atomic mass is 9.92. The molecule has 4 atom stereocenters. The van der Waals surface area contributed by atoms with E-state index >= 15 is 0 Å². The average Bonchev–Trinajstić information content (AvgIpc) is 2.78. The summed E-state index contributed by atoms with van der Waals surface area (Å²) >= 11 is 0. The fourth-order valence-corrected chi connectivity index (χ4v) is 2.94. The van der Waals surface area contributed by atoms with Crippen LogP contribution < -0.4 is 0 Å². The number of hydrogen-bond donors (Lipinski definition) is 0. The van der Waals surface area contributed by atoms with E-state index in [0.717, 1.165) is 23.7 Å². The average molecular weight is 196 g/mol. The molecule has 2 aliphatic rings. The highest BCUT2D eigenvalue weighted by atomic mass is 14.4. The minimum atomic E-state index is 0.958. The summed E-state index contributed by atoms with van der Waals surface area (Å²) in [6.07, 6.45) is 8.95. The smallest absolute Gasteiger partial charge is 0.0389 e. The highest BCUT2D eigenvalue weighted by molar-refractivity contribution is 4.81. The molecule has 0 amide bonds. The predicted octanol–water partition coefficient (Wildman–Crippen LogP) is 4.89. The van der Waals surface area contributed by atoms with Crippen molar-refractivity contribution in [3.63, 3.8) is 0 Å². The molecule has 0 spiro atoms. The van der Waals surface area contributed by atoms with E-state index in [9.17, 15) is 0 Å². The van der Waals surface area contributed by atoms with Crippen LogP contribution in [0.5, 0.6) is 0 Å². The molecule has 0 bridgehead atoms. The Balaban J connectivity index is 0.000000165. The van der Waals surface area contributed by atoms with Gasteiger partial charge in [0.1, 0.15) is 0 Å². The molecule has 2 rings (SSSR count). The van der Waals surface area contributed by atoms with Gasteiger partial charge in [-0.3, -0.25) is 0 Å². The van der Waals surface area contributed by atoms with Crippen LogP contribution >= 0.6 is 0 Å². The lowest BCUT2D eigenvalue weighted by molar-refractivity contribution is 0.352. The van der Waals surface area contributed by atoms with Crippen molar-refractivity contribution in [3.8, 4) is 0 Å². The first-order chi connectivity index (χ1) is 6.63. The molecule has 4 unspecified atom stereocenters. The molecule has 0 radical (unpaired) electrons. The van der Waals surface area contributed by atoms with Crippen LogP contribution in [0.15, 0.2) is 0 Å². The van der Waals surface area contributed by atoms with Gasteiger partial charge in [-0.2, -0.15) is 0 Å². The van der Waals surface area contributed by atoms with Gasteiger partial charge in [0.25, 0.3) is 0 Å². The Kier molecular flexibility index (Phi) is 4.98. The highest BCUT2D eigenvalue weighted by Crippen LogP contribution is 2.40. The van der Waals surface area contributed by atoms with Crippen LogP contribution in [0.2, 0.25) is 0 Å². The second kappa shape index (κ2) is 5.78.